The van der Waals surface area contributed by atoms with E-state index in [-0.39, 0.29) is 6.04 Å². The van der Waals surface area contributed by atoms with Crippen molar-refractivity contribution in [2.24, 2.45) is 0 Å². The van der Waals surface area contributed by atoms with E-state index in [1.165, 1.54) is 6.42 Å². The molecule has 1 saturated carbocycles. The average molecular weight is 332 g/mol. The van der Waals surface area contributed by atoms with Gasteiger partial charge in [-0.15, -0.1) is 0 Å². The number of thioether (sulfide) groups is 1. The van der Waals surface area contributed by atoms with Crippen molar-refractivity contribution in [2.45, 2.75) is 55.3 Å². The zero-order valence-corrected chi connectivity index (χ0v) is 14.3. The first kappa shape index (κ1) is 16.9. The molecule has 1 aromatic heterocycles. The Morgan fingerprint density at radius 2 is 2.14 bits per heavy atom. The first-order valence-corrected chi connectivity index (χ1v) is 10.3. The Bertz CT molecular complexity index is 542. The van der Waals surface area contributed by atoms with Crippen molar-refractivity contribution in [2.75, 3.05) is 12.8 Å². The minimum Gasteiger partial charge on any atom is -0.363 e. The molecular formula is C14H25N3O2S2. The van der Waals surface area contributed by atoms with Crippen LogP contribution in [0.25, 0.3) is 0 Å². The van der Waals surface area contributed by atoms with Gasteiger partial charge >= 0.3 is 0 Å². The summed E-state index contributed by atoms with van der Waals surface area (Å²) >= 11 is 1.76. The van der Waals surface area contributed by atoms with Gasteiger partial charge in [0.05, 0.1) is 4.90 Å². The summed E-state index contributed by atoms with van der Waals surface area (Å²) in [4.78, 5) is 3.36. The van der Waals surface area contributed by atoms with Gasteiger partial charge < -0.3 is 10.3 Å². The molecule has 0 amide bonds. The fraction of sp³-hybridized carbons (Fsp3) is 0.714. The Kier molecular flexibility index (Phi) is 6.16. The third-order valence-electron chi connectivity index (χ3n) is 3.90. The molecule has 1 aromatic rings. The second-order valence-electron chi connectivity index (χ2n) is 5.43. The Morgan fingerprint density at radius 1 is 1.38 bits per heavy atom. The quantitative estimate of drug-likeness (QED) is 0.715. The van der Waals surface area contributed by atoms with Gasteiger partial charge in [0, 0.05) is 29.7 Å². The third kappa shape index (κ3) is 4.48. The van der Waals surface area contributed by atoms with Gasteiger partial charge in [-0.3, -0.25) is 0 Å². The Balaban J connectivity index is 2.05. The number of nitrogens with one attached hydrogen (secondary N) is 3. The fourth-order valence-corrected chi connectivity index (χ4v) is 5.07. The molecule has 120 valence electrons. The summed E-state index contributed by atoms with van der Waals surface area (Å²) in [7, 11) is -3.43. The van der Waals surface area contributed by atoms with Crippen molar-refractivity contribution < 1.29 is 8.42 Å². The maximum atomic E-state index is 12.5. The molecule has 5 nitrogen and oxygen atoms in total. The highest BCUT2D eigenvalue weighted by Gasteiger charge is 2.29. The SMILES string of the molecule is CCNCc1cc(S(=O)(=O)NC2CCCCC2SC)c[nH]1. The molecule has 0 saturated heterocycles. The molecule has 1 aliphatic rings. The van der Waals surface area contributed by atoms with Gasteiger partial charge in [0.2, 0.25) is 10.0 Å². The van der Waals surface area contributed by atoms with E-state index in [1.54, 1.807) is 24.0 Å². The lowest BCUT2D eigenvalue weighted by molar-refractivity contribution is 0.423. The normalized spacial score (nSPS) is 23.3. The molecular weight excluding hydrogens is 306 g/mol. The molecule has 0 aromatic carbocycles. The molecule has 1 aliphatic carbocycles. The van der Waals surface area contributed by atoms with E-state index in [9.17, 15) is 8.42 Å². The number of rotatable bonds is 7. The van der Waals surface area contributed by atoms with Crippen LogP contribution in [-0.2, 0) is 16.6 Å². The summed E-state index contributed by atoms with van der Waals surface area (Å²) in [6.45, 7) is 3.54. The zero-order chi connectivity index (χ0) is 15.3. The molecule has 0 radical (unpaired) electrons. The van der Waals surface area contributed by atoms with Crippen LogP contribution in [0.1, 0.15) is 38.3 Å². The number of aromatic nitrogens is 1. The van der Waals surface area contributed by atoms with E-state index in [0.717, 1.165) is 31.5 Å². The van der Waals surface area contributed by atoms with Crippen LogP contribution in [0.5, 0.6) is 0 Å². The van der Waals surface area contributed by atoms with Crippen LogP contribution in [0, 0.1) is 0 Å². The van der Waals surface area contributed by atoms with Gasteiger partial charge in [-0.2, -0.15) is 11.8 Å². The Labute approximate surface area is 131 Å². The average Bonchev–Trinajstić information content (AvgIpc) is 2.95. The van der Waals surface area contributed by atoms with Gasteiger partial charge in [-0.05, 0) is 31.7 Å². The lowest BCUT2D eigenvalue weighted by Crippen LogP contribution is -2.43. The number of aromatic amines is 1. The second-order valence-corrected chi connectivity index (χ2v) is 8.22. The van der Waals surface area contributed by atoms with E-state index in [4.69, 9.17) is 0 Å². The van der Waals surface area contributed by atoms with Gasteiger partial charge in [0.15, 0.2) is 0 Å². The highest BCUT2D eigenvalue weighted by atomic mass is 32.2. The summed E-state index contributed by atoms with van der Waals surface area (Å²) in [6.07, 6.45) is 7.95. The standard InChI is InChI=1S/C14H25N3O2S2/c1-3-15-9-11-8-12(10-16-11)21(18,19)17-13-6-4-5-7-14(13)20-2/h8,10,13-17H,3-7,9H2,1-2H3. The molecule has 21 heavy (non-hydrogen) atoms. The Hall–Kier alpha value is -0.500. The number of H-pyrrole nitrogens is 1. The van der Waals surface area contributed by atoms with Gasteiger partial charge in [-0.25, -0.2) is 13.1 Å². The lowest BCUT2D eigenvalue weighted by Gasteiger charge is -2.30. The van der Waals surface area contributed by atoms with Crippen molar-refractivity contribution in [1.29, 1.82) is 0 Å². The molecule has 1 heterocycles. The molecule has 3 N–H and O–H groups in total. The van der Waals surface area contributed by atoms with Crippen LogP contribution in [0.3, 0.4) is 0 Å². The maximum absolute atomic E-state index is 12.5. The summed E-state index contributed by atoms with van der Waals surface area (Å²) in [6, 6.07) is 1.76. The van der Waals surface area contributed by atoms with E-state index in [2.05, 4.69) is 21.3 Å². The molecule has 2 rings (SSSR count). The third-order valence-corrected chi connectivity index (χ3v) is 6.54. The minimum absolute atomic E-state index is 0.0471. The summed E-state index contributed by atoms with van der Waals surface area (Å²) in [5.74, 6) is 0. The van der Waals surface area contributed by atoms with Gasteiger partial charge in [-0.1, -0.05) is 19.8 Å². The first-order chi connectivity index (χ1) is 10.1. The predicted molar refractivity (Wildman–Crippen MR) is 88.1 cm³/mol. The first-order valence-electron chi connectivity index (χ1n) is 7.50. The summed E-state index contributed by atoms with van der Waals surface area (Å²) in [5, 5.41) is 3.56. The molecule has 0 bridgehead atoms. The molecule has 1 fully saturated rings. The number of sulfonamides is 1. The van der Waals surface area contributed by atoms with Crippen molar-refractivity contribution in [3.63, 3.8) is 0 Å². The van der Waals surface area contributed by atoms with Gasteiger partial charge in [0.1, 0.15) is 0 Å². The van der Waals surface area contributed by atoms with Crippen molar-refractivity contribution in [3.8, 4) is 0 Å². The summed E-state index contributed by atoms with van der Waals surface area (Å²) < 4.78 is 27.9. The highest BCUT2D eigenvalue weighted by Crippen LogP contribution is 2.28. The number of hydrogen-bond donors (Lipinski definition) is 3. The molecule has 0 spiro atoms. The van der Waals surface area contributed by atoms with Crippen LogP contribution >= 0.6 is 11.8 Å². The Morgan fingerprint density at radius 3 is 2.86 bits per heavy atom. The van der Waals surface area contributed by atoms with Crippen molar-refractivity contribution in [3.05, 3.63) is 18.0 Å². The predicted octanol–water partition coefficient (Wildman–Crippen LogP) is 2.08. The molecule has 0 aliphatic heterocycles. The summed E-state index contributed by atoms with van der Waals surface area (Å²) in [5.41, 5.74) is 0.891. The largest absolute Gasteiger partial charge is 0.363 e. The minimum atomic E-state index is -3.43. The monoisotopic (exact) mass is 331 g/mol. The van der Waals surface area contributed by atoms with Crippen LogP contribution in [-0.4, -0.2) is 37.5 Å². The van der Waals surface area contributed by atoms with Crippen molar-refractivity contribution >= 4 is 21.8 Å². The fourth-order valence-electron chi connectivity index (χ4n) is 2.72. The molecule has 2 unspecified atom stereocenters. The topological polar surface area (TPSA) is 74.0 Å². The lowest BCUT2D eigenvalue weighted by atomic mass is 9.96. The molecule has 7 heteroatoms. The van der Waals surface area contributed by atoms with Gasteiger partial charge in [0.25, 0.3) is 0 Å². The van der Waals surface area contributed by atoms with E-state index in [1.807, 2.05) is 6.92 Å². The zero-order valence-electron chi connectivity index (χ0n) is 12.7. The smallest absolute Gasteiger partial charge is 0.242 e. The van der Waals surface area contributed by atoms with E-state index >= 15 is 0 Å². The van der Waals surface area contributed by atoms with Crippen molar-refractivity contribution in [1.82, 2.24) is 15.0 Å². The number of hydrogen-bond acceptors (Lipinski definition) is 4. The van der Waals surface area contributed by atoms with Crippen LogP contribution in [0.2, 0.25) is 0 Å². The van der Waals surface area contributed by atoms with Crippen LogP contribution < -0.4 is 10.0 Å². The molecule has 2 atom stereocenters. The van der Waals surface area contributed by atoms with E-state index < -0.39 is 10.0 Å². The van der Waals surface area contributed by atoms with Crippen LogP contribution in [0.4, 0.5) is 0 Å². The maximum Gasteiger partial charge on any atom is 0.242 e. The van der Waals surface area contributed by atoms with E-state index in [0.29, 0.717) is 16.7 Å². The second kappa shape index (κ2) is 7.67. The van der Waals surface area contributed by atoms with Crippen LogP contribution in [0.15, 0.2) is 17.2 Å². The highest BCUT2D eigenvalue weighted by molar-refractivity contribution is 7.99.